The van der Waals surface area contributed by atoms with Gasteiger partial charge >= 0.3 is 5.97 Å². The summed E-state index contributed by atoms with van der Waals surface area (Å²) in [6.07, 6.45) is 0.130. The molecule has 0 aliphatic rings. The third-order valence-corrected chi connectivity index (χ3v) is 2.52. The van der Waals surface area contributed by atoms with Crippen LogP contribution in [0.15, 0.2) is 18.2 Å². The molecule has 1 aromatic carbocycles. The Balaban J connectivity index is 2.69. The zero-order valence-electron chi connectivity index (χ0n) is 11.8. The second kappa shape index (κ2) is 6.47. The fourth-order valence-electron chi connectivity index (χ4n) is 1.58. The molecule has 3 N–H and O–H groups in total. The molecule has 0 spiro atoms. The van der Waals surface area contributed by atoms with Gasteiger partial charge in [-0.05, 0) is 32.9 Å². The van der Waals surface area contributed by atoms with Crippen molar-refractivity contribution in [2.75, 3.05) is 11.9 Å². The van der Waals surface area contributed by atoms with Crippen molar-refractivity contribution in [1.82, 2.24) is 5.32 Å². The average molecular weight is 282 g/mol. The van der Waals surface area contributed by atoms with E-state index in [-0.39, 0.29) is 23.2 Å². The molecule has 0 saturated carbocycles. The number of anilines is 1. The molecule has 0 heterocycles. The van der Waals surface area contributed by atoms with Crippen LogP contribution in [0, 0.1) is 5.82 Å². The Bertz CT molecular complexity index is 510. The molecule has 0 saturated heterocycles. The zero-order chi connectivity index (χ0) is 15.3. The number of carboxylic acid groups (broad SMARTS) is 1. The van der Waals surface area contributed by atoms with Crippen LogP contribution in [-0.4, -0.2) is 29.1 Å². The van der Waals surface area contributed by atoms with Crippen LogP contribution in [-0.2, 0) is 4.79 Å². The minimum Gasteiger partial charge on any atom is -0.478 e. The quantitative estimate of drug-likeness (QED) is 0.774. The standard InChI is InChI=1S/C14H19FN2O3/c1-14(2,3)16-8-7-11(18)17-12-9(13(19)20)5-4-6-10(12)15/h4-6,16H,7-8H2,1-3H3,(H,17,18)(H,19,20). The van der Waals surface area contributed by atoms with Crippen LogP contribution < -0.4 is 10.6 Å². The van der Waals surface area contributed by atoms with E-state index in [1.165, 1.54) is 12.1 Å². The lowest BCUT2D eigenvalue weighted by molar-refractivity contribution is -0.116. The number of carbonyl (C=O) groups is 2. The highest BCUT2D eigenvalue weighted by Gasteiger charge is 2.17. The maximum Gasteiger partial charge on any atom is 0.337 e. The monoisotopic (exact) mass is 282 g/mol. The van der Waals surface area contributed by atoms with Crippen molar-refractivity contribution >= 4 is 17.6 Å². The van der Waals surface area contributed by atoms with Crippen molar-refractivity contribution in [2.24, 2.45) is 0 Å². The third-order valence-electron chi connectivity index (χ3n) is 2.52. The molecule has 0 atom stereocenters. The maximum absolute atomic E-state index is 13.6. The van der Waals surface area contributed by atoms with Crippen molar-refractivity contribution in [3.8, 4) is 0 Å². The van der Waals surface area contributed by atoms with Crippen LogP contribution >= 0.6 is 0 Å². The SMILES string of the molecule is CC(C)(C)NCCC(=O)Nc1c(F)cccc1C(=O)O. The Labute approximate surface area is 117 Å². The van der Waals surface area contributed by atoms with Gasteiger partial charge in [-0.15, -0.1) is 0 Å². The molecule has 0 radical (unpaired) electrons. The molecule has 0 aliphatic carbocycles. The predicted octanol–water partition coefficient (Wildman–Crippen LogP) is 2.24. The molecule has 1 amide bonds. The number of hydrogen-bond acceptors (Lipinski definition) is 3. The fraction of sp³-hybridized carbons (Fsp3) is 0.429. The van der Waals surface area contributed by atoms with Gasteiger partial charge in [0, 0.05) is 18.5 Å². The zero-order valence-corrected chi connectivity index (χ0v) is 11.8. The smallest absolute Gasteiger partial charge is 0.337 e. The number of aromatic carboxylic acids is 1. The van der Waals surface area contributed by atoms with E-state index in [9.17, 15) is 14.0 Å². The topological polar surface area (TPSA) is 78.4 Å². The van der Waals surface area contributed by atoms with Gasteiger partial charge in [0.15, 0.2) is 0 Å². The van der Waals surface area contributed by atoms with Gasteiger partial charge in [0.25, 0.3) is 0 Å². The van der Waals surface area contributed by atoms with Gasteiger partial charge in [-0.2, -0.15) is 0 Å². The van der Waals surface area contributed by atoms with Crippen molar-refractivity contribution in [3.63, 3.8) is 0 Å². The van der Waals surface area contributed by atoms with E-state index in [1.54, 1.807) is 0 Å². The number of carbonyl (C=O) groups excluding carboxylic acids is 1. The molecule has 6 heteroatoms. The summed E-state index contributed by atoms with van der Waals surface area (Å²) >= 11 is 0. The number of rotatable bonds is 5. The van der Waals surface area contributed by atoms with E-state index in [0.717, 1.165) is 6.07 Å². The summed E-state index contributed by atoms with van der Waals surface area (Å²) < 4.78 is 13.6. The second-order valence-electron chi connectivity index (χ2n) is 5.44. The number of halogens is 1. The van der Waals surface area contributed by atoms with Crippen LogP contribution in [0.1, 0.15) is 37.6 Å². The first-order valence-electron chi connectivity index (χ1n) is 6.27. The number of benzene rings is 1. The Morgan fingerprint density at radius 2 is 1.95 bits per heavy atom. The van der Waals surface area contributed by atoms with E-state index in [0.29, 0.717) is 6.54 Å². The van der Waals surface area contributed by atoms with E-state index in [1.807, 2.05) is 20.8 Å². The number of amides is 1. The van der Waals surface area contributed by atoms with Crippen molar-refractivity contribution in [2.45, 2.75) is 32.7 Å². The van der Waals surface area contributed by atoms with Crippen molar-refractivity contribution in [1.29, 1.82) is 0 Å². The molecule has 1 rings (SSSR count). The first-order valence-corrected chi connectivity index (χ1v) is 6.27. The normalized spacial score (nSPS) is 11.2. The summed E-state index contributed by atoms with van der Waals surface area (Å²) in [5.41, 5.74) is -0.673. The number of nitrogens with one attached hydrogen (secondary N) is 2. The van der Waals surface area contributed by atoms with Gasteiger partial charge in [-0.1, -0.05) is 6.07 Å². The van der Waals surface area contributed by atoms with E-state index >= 15 is 0 Å². The highest BCUT2D eigenvalue weighted by atomic mass is 19.1. The Morgan fingerprint density at radius 3 is 2.50 bits per heavy atom. The molecule has 1 aromatic rings. The summed E-state index contributed by atoms with van der Waals surface area (Å²) in [6, 6.07) is 3.64. The van der Waals surface area contributed by atoms with Gasteiger partial charge in [0.1, 0.15) is 5.82 Å². The van der Waals surface area contributed by atoms with Gasteiger partial charge < -0.3 is 15.7 Å². The average Bonchev–Trinajstić information content (AvgIpc) is 2.29. The van der Waals surface area contributed by atoms with Crippen LogP contribution in [0.25, 0.3) is 0 Å². The molecule has 5 nitrogen and oxygen atoms in total. The van der Waals surface area contributed by atoms with Crippen LogP contribution in [0.5, 0.6) is 0 Å². The minimum atomic E-state index is -1.28. The molecule has 0 fully saturated rings. The molecular formula is C14H19FN2O3. The lowest BCUT2D eigenvalue weighted by Crippen LogP contribution is -2.37. The first-order chi connectivity index (χ1) is 9.20. The van der Waals surface area contributed by atoms with Gasteiger partial charge in [0.2, 0.25) is 5.91 Å². The van der Waals surface area contributed by atoms with Crippen molar-refractivity contribution < 1.29 is 19.1 Å². The maximum atomic E-state index is 13.6. The lowest BCUT2D eigenvalue weighted by Gasteiger charge is -2.20. The Morgan fingerprint density at radius 1 is 1.30 bits per heavy atom. The van der Waals surface area contributed by atoms with E-state index < -0.39 is 17.7 Å². The highest BCUT2D eigenvalue weighted by molar-refractivity contribution is 6.00. The van der Waals surface area contributed by atoms with Gasteiger partial charge in [0.05, 0.1) is 11.3 Å². The molecule has 0 aromatic heterocycles. The Kier molecular flexibility index (Phi) is 5.21. The molecule has 20 heavy (non-hydrogen) atoms. The summed E-state index contributed by atoms with van der Waals surface area (Å²) in [5, 5.41) is 14.4. The summed E-state index contributed by atoms with van der Waals surface area (Å²) in [5.74, 6) is -2.48. The van der Waals surface area contributed by atoms with Gasteiger partial charge in [-0.3, -0.25) is 4.79 Å². The minimum absolute atomic E-state index is 0.121. The summed E-state index contributed by atoms with van der Waals surface area (Å²) in [6.45, 7) is 6.31. The summed E-state index contributed by atoms with van der Waals surface area (Å²) in [7, 11) is 0. The lowest BCUT2D eigenvalue weighted by atomic mass is 10.1. The molecule has 0 bridgehead atoms. The largest absolute Gasteiger partial charge is 0.478 e. The number of hydrogen-bond donors (Lipinski definition) is 3. The van der Waals surface area contributed by atoms with Crippen LogP contribution in [0.4, 0.5) is 10.1 Å². The highest BCUT2D eigenvalue weighted by Crippen LogP contribution is 2.20. The molecule has 0 aliphatic heterocycles. The van der Waals surface area contributed by atoms with Crippen molar-refractivity contribution in [3.05, 3.63) is 29.6 Å². The third kappa shape index (κ3) is 4.97. The molecule has 0 unspecified atom stereocenters. The van der Waals surface area contributed by atoms with Crippen LogP contribution in [0.3, 0.4) is 0 Å². The number of para-hydroxylation sites is 1. The molecule has 110 valence electrons. The van der Waals surface area contributed by atoms with Gasteiger partial charge in [-0.25, -0.2) is 9.18 Å². The number of carboxylic acids is 1. The van der Waals surface area contributed by atoms with E-state index in [2.05, 4.69) is 10.6 Å². The fourth-order valence-corrected chi connectivity index (χ4v) is 1.58. The Hall–Kier alpha value is -1.95. The summed E-state index contributed by atoms with van der Waals surface area (Å²) in [4.78, 5) is 22.7. The van der Waals surface area contributed by atoms with Crippen LogP contribution in [0.2, 0.25) is 0 Å². The second-order valence-corrected chi connectivity index (χ2v) is 5.44. The predicted molar refractivity (Wildman–Crippen MR) is 74.4 cm³/mol. The molecular weight excluding hydrogens is 263 g/mol. The van der Waals surface area contributed by atoms with E-state index in [4.69, 9.17) is 5.11 Å². The first kappa shape index (κ1) is 16.1.